The first-order chi connectivity index (χ1) is 12.3. The molecule has 0 aromatic heterocycles. The van der Waals surface area contributed by atoms with E-state index in [-0.39, 0.29) is 10.8 Å². The summed E-state index contributed by atoms with van der Waals surface area (Å²) in [5, 5.41) is 3.07. The van der Waals surface area contributed by atoms with Gasteiger partial charge in [0, 0.05) is 33.1 Å². The maximum Gasteiger partial charge on any atom is 0.242 e. The van der Waals surface area contributed by atoms with Crippen LogP contribution in [-0.2, 0) is 14.8 Å². The van der Waals surface area contributed by atoms with Gasteiger partial charge < -0.3 is 5.32 Å². The number of amides is 1. The Morgan fingerprint density at radius 1 is 1.35 bits per heavy atom. The van der Waals surface area contributed by atoms with E-state index >= 15 is 0 Å². The third-order valence-electron chi connectivity index (χ3n) is 4.84. The van der Waals surface area contributed by atoms with E-state index in [9.17, 15) is 13.2 Å². The normalized spacial score (nSPS) is 18.9. The number of carbonyl (C=O) groups is 1. The minimum atomic E-state index is -3.58. The largest absolute Gasteiger partial charge is 0.325 e. The smallest absolute Gasteiger partial charge is 0.242 e. The van der Waals surface area contributed by atoms with Gasteiger partial charge in [-0.3, -0.25) is 9.69 Å². The summed E-state index contributed by atoms with van der Waals surface area (Å²) in [7, 11) is -0.650. The van der Waals surface area contributed by atoms with Crippen molar-refractivity contribution in [3.05, 3.63) is 23.2 Å². The molecule has 0 aliphatic carbocycles. The van der Waals surface area contributed by atoms with Crippen molar-refractivity contribution in [2.75, 3.05) is 32.5 Å². The Labute approximate surface area is 161 Å². The van der Waals surface area contributed by atoms with Crippen molar-refractivity contribution in [2.24, 2.45) is 0 Å². The maximum atomic E-state index is 12.3. The van der Waals surface area contributed by atoms with Crippen molar-refractivity contribution in [1.82, 2.24) is 9.21 Å². The van der Waals surface area contributed by atoms with Gasteiger partial charge in [-0.2, -0.15) is 0 Å². The molecular weight excluding hydrogens is 374 g/mol. The summed E-state index contributed by atoms with van der Waals surface area (Å²) in [4.78, 5) is 14.8. The SMILES string of the molecule is CCC1CCCCN1CCC(=O)Nc1cc(S(=O)(=O)N(C)C)ccc1Cl. The van der Waals surface area contributed by atoms with E-state index in [1.54, 1.807) is 0 Å². The van der Waals surface area contributed by atoms with Crippen LogP contribution in [0, 0.1) is 0 Å². The Morgan fingerprint density at radius 3 is 2.73 bits per heavy atom. The fourth-order valence-corrected chi connectivity index (χ4v) is 4.34. The molecular formula is C18H28ClN3O3S. The number of sulfonamides is 1. The number of anilines is 1. The van der Waals surface area contributed by atoms with Crippen LogP contribution in [0.1, 0.15) is 39.0 Å². The summed E-state index contributed by atoms with van der Waals surface area (Å²) >= 11 is 6.13. The van der Waals surface area contributed by atoms with Crippen LogP contribution in [0.2, 0.25) is 5.02 Å². The number of hydrogen-bond donors (Lipinski definition) is 1. The lowest BCUT2D eigenvalue weighted by Crippen LogP contribution is -2.40. The highest BCUT2D eigenvalue weighted by molar-refractivity contribution is 7.89. The van der Waals surface area contributed by atoms with Gasteiger partial charge in [-0.25, -0.2) is 12.7 Å². The van der Waals surface area contributed by atoms with Crippen LogP contribution in [0.15, 0.2) is 23.1 Å². The summed E-state index contributed by atoms with van der Waals surface area (Å²) in [5.74, 6) is -0.160. The summed E-state index contributed by atoms with van der Waals surface area (Å²) in [6.07, 6.45) is 5.07. The zero-order valence-electron chi connectivity index (χ0n) is 15.7. The molecule has 1 N–H and O–H groups in total. The van der Waals surface area contributed by atoms with E-state index in [0.29, 0.717) is 29.7 Å². The molecule has 146 valence electrons. The molecule has 1 fully saturated rings. The van der Waals surface area contributed by atoms with Gasteiger partial charge in [0.15, 0.2) is 0 Å². The molecule has 1 atom stereocenters. The fourth-order valence-electron chi connectivity index (χ4n) is 3.25. The monoisotopic (exact) mass is 401 g/mol. The minimum absolute atomic E-state index is 0.101. The van der Waals surface area contributed by atoms with Gasteiger partial charge in [0.05, 0.1) is 15.6 Å². The molecule has 0 radical (unpaired) electrons. The highest BCUT2D eigenvalue weighted by atomic mass is 35.5. The predicted molar refractivity (Wildman–Crippen MR) is 105 cm³/mol. The molecule has 6 nitrogen and oxygen atoms in total. The minimum Gasteiger partial charge on any atom is -0.325 e. The zero-order chi connectivity index (χ0) is 19.3. The van der Waals surface area contributed by atoms with Crippen LogP contribution in [0.3, 0.4) is 0 Å². The molecule has 8 heteroatoms. The second-order valence-corrected chi connectivity index (χ2v) is 9.38. The van der Waals surface area contributed by atoms with Crippen molar-refractivity contribution >= 4 is 33.2 Å². The molecule has 1 unspecified atom stereocenters. The molecule has 1 aliphatic rings. The number of nitrogens with zero attached hydrogens (tertiary/aromatic N) is 2. The predicted octanol–water partition coefficient (Wildman–Crippen LogP) is 3.18. The van der Waals surface area contributed by atoms with Gasteiger partial charge in [-0.1, -0.05) is 24.9 Å². The summed E-state index contributed by atoms with van der Waals surface area (Å²) < 4.78 is 25.6. The Morgan fingerprint density at radius 2 is 2.08 bits per heavy atom. The van der Waals surface area contributed by atoms with Crippen molar-refractivity contribution in [3.63, 3.8) is 0 Å². The fraction of sp³-hybridized carbons (Fsp3) is 0.611. The Balaban J connectivity index is 2.02. The average molecular weight is 402 g/mol. The quantitative estimate of drug-likeness (QED) is 0.761. The summed E-state index contributed by atoms with van der Waals surface area (Å²) in [6.45, 7) is 3.92. The van der Waals surface area contributed by atoms with Crippen LogP contribution < -0.4 is 5.32 Å². The zero-order valence-corrected chi connectivity index (χ0v) is 17.2. The Hall–Kier alpha value is -1.15. The number of benzene rings is 1. The number of nitrogens with one attached hydrogen (secondary N) is 1. The molecule has 0 spiro atoms. The van der Waals surface area contributed by atoms with Crippen LogP contribution >= 0.6 is 11.6 Å². The third kappa shape index (κ3) is 5.19. The standard InChI is InChI=1S/C18H28ClN3O3S/c1-4-14-7-5-6-11-22(14)12-10-18(23)20-17-13-15(8-9-16(17)19)26(24,25)21(2)3/h8-9,13-14H,4-7,10-12H2,1-3H3,(H,20,23). The van der Waals surface area contributed by atoms with E-state index in [1.165, 1.54) is 51.6 Å². The van der Waals surface area contributed by atoms with Crippen molar-refractivity contribution in [1.29, 1.82) is 0 Å². The van der Waals surface area contributed by atoms with Crippen molar-refractivity contribution in [2.45, 2.75) is 50.0 Å². The van der Waals surface area contributed by atoms with E-state index in [1.807, 2.05) is 0 Å². The van der Waals surface area contributed by atoms with E-state index in [0.717, 1.165) is 17.3 Å². The lowest BCUT2D eigenvalue weighted by Gasteiger charge is -2.35. The van der Waals surface area contributed by atoms with E-state index in [2.05, 4.69) is 17.1 Å². The third-order valence-corrected chi connectivity index (χ3v) is 6.98. The topological polar surface area (TPSA) is 69.7 Å². The second-order valence-electron chi connectivity index (χ2n) is 6.82. The van der Waals surface area contributed by atoms with Crippen LogP contribution in [-0.4, -0.2) is 56.8 Å². The molecule has 0 bridgehead atoms. The molecule has 1 saturated heterocycles. The number of hydrogen-bond acceptors (Lipinski definition) is 4. The molecule has 0 saturated carbocycles. The van der Waals surface area contributed by atoms with Crippen molar-refractivity contribution < 1.29 is 13.2 Å². The first-order valence-electron chi connectivity index (χ1n) is 9.01. The highest BCUT2D eigenvalue weighted by Crippen LogP contribution is 2.27. The van der Waals surface area contributed by atoms with Gasteiger partial charge in [0.25, 0.3) is 0 Å². The van der Waals surface area contributed by atoms with Gasteiger partial charge in [-0.05, 0) is 44.0 Å². The summed E-state index contributed by atoms with van der Waals surface area (Å²) in [5.41, 5.74) is 0.324. The molecule has 1 aromatic carbocycles. The lowest BCUT2D eigenvalue weighted by atomic mass is 10.00. The van der Waals surface area contributed by atoms with Gasteiger partial charge >= 0.3 is 0 Å². The van der Waals surface area contributed by atoms with Crippen LogP contribution in [0.5, 0.6) is 0 Å². The van der Waals surface area contributed by atoms with Gasteiger partial charge in [0.2, 0.25) is 15.9 Å². The van der Waals surface area contributed by atoms with Gasteiger partial charge in [-0.15, -0.1) is 0 Å². The second kappa shape index (κ2) is 9.17. The Kier molecular flexibility index (Phi) is 7.46. The average Bonchev–Trinajstić information content (AvgIpc) is 2.61. The first kappa shape index (κ1) is 21.2. The van der Waals surface area contributed by atoms with Crippen LogP contribution in [0.25, 0.3) is 0 Å². The molecule has 26 heavy (non-hydrogen) atoms. The molecule has 1 heterocycles. The Bertz CT molecular complexity index is 737. The highest BCUT2D eigenvalue weighted by Gasteiger charge is 2.22. The number of likely N-dealkylation sites (tertiary alicyclic amines) is 1. The molecule has 1 amide bonds. The van der Waals surface area contributed by atoms with E-state index < -0.39 is 10.0 Å². The van der Waals surface area contributed by atoms with Crippen LogP contribution in [0.4, 0.5) is 5.69 Å². The summed E-state index contributed by atoms with van der Waals surface area (Å²) in [6, 6.07) is 4.89. The molecule has 2 rings (SSSR count). The van der Waals surface area contributed by atoms with Crippen molar-refractivity contribution in [3.8, 4) is 0 Å². The molecule has 1 aromatic rings. The lowest BCUT2D eigenvalue weighted by molar-refractivity contribution is -0.116. The molecule has 1 aliphatic heterocycles. The van der Waals surface area contributed by atoms with Gasteiger partial charge in [0.1, 0.15) is 0 Å². The van der Waals surface area contributed by atoms with E-state index in [4.69, 9.17) is 11.6 Å². The maximum absolute atomic E-state index is 12.3. The first-order valence-corrected chi connectivity index (χ1v) is 10.8. The number of carbonyl (C=O) groups excluding carboxylic acids is 1. The number of rotatable bonds is 7. The number of halogens is 1. The number of piperidine rings is 1.